The van der Waals surface area contributed by atoms with E-state index in [-0.39, 0.29) is 0 Å². The molecule has 0 bridgehead atoms. The zero-order valence-electron chi connectivity index (χ0n) is 10.9. The van der Waals surface area contributed by atoms with Crippen LogP contribution in [0.5, 0.6) is 0 Å². The Balaban J connectivity index is 1.98. The van der Waals surface area contributed by atoms with Gasteiger partial charge in [0.2, 0.25) is 0 Å². The van der Waals surface area contributed by atoms with Crippen molar-refractivity contribution in [2.75, 3.05) is 0 Å². The van der Waals surface area contributed by atoms with Gasteiger partial charge < -0.3 is 5.11 Å². The predicted molar refractivity (Wildman–Crippen MR) is 88.8 cm³/mol. The smallest absolute Gasteiger partial charge is 0.117 e. The number of hydrogen-bond donors (Lipinski definition) is 1. The van der Waals surface area contributed by atoms with Gasteiger partial charge in [-0.25, -0.2) is 0 Å². The van der Waals surface area contributed by atoms with Gasteiger partial charge in [0, 0.05) is 15.4 Å². The minimum Gasteiger partial charge on any atom is -0.382 e. The maximum Gasteiger partial charge on any atom is 0.117 e. The van der Waals surface area contributed by atoms with Crippen LogP contribution in [0, 0.1) is 6.92 Å². The number of aliphatic hydroxyl groups is 1. The van der Waals surface area contributed by atoms with E-state index in [4.69, 9.17) is 0 Å². The molecule has 1 heterocycles. The van der Waals surface area contributed by atoms with E-state index in [0.29, 0.717) is 6.42 Å². The van der Waals surface area contributed by atoms with Crippen molar-refractivity contribution in [3.05, 3.63) is 62.0 Å². The summed E-state index contributed by atoms with van der Waals surface area (Å²) in [6, 6.07) is 11.7. The van der Waals surface area contributed by atoms with Crippen LogP contribution in [0.3, 0.4) is 0 Å². The lowest BCUT2D eigenvalue weighted by molar-refractivity contribution is 0.246. The SMILES string of the molecule is Cc1c(Br)cc2c(c1Br)N=C(C(O)c1ccccc1)C2. The molecule has 0 radical (unpaired) electrons. The van der Waals surface area contributed by atoms with Gasteiger partial charge in [0.05, 0.1) is 11.4 Å². The second-order valence-electron chi connectivity index (χ2n) is 4.90. The monoisotopic (exact) mass is 393 g/mol. The average molecular weight is 395 g/mol. The number of aliphatic imine (C=N–C) groups is 1. The van der Waals surface area contributed by atoms with E-state index in [1.54, 1.807) is 0 Å². The third kappa shape index (κ3) is 2.36. The number of rotatable bonds is 2. The van der Waals surface area contributed by atoms with Crippen LogP contribution >= 0.6 is 31.9 Å². The molecule has 2 aromatic carbocycles. The van der Waals surface area contributed by atoms with E-state index in [0.717, 1.165) is 37.0 Å². The maximum absolute atomic E-state index is 10.5. The molecule has 102 valence electrons. The fourth-order valence-corrected chi connectivity index (χ4v) is 3.67. The summed E-state index contributed by atoms with van der Waals surface area (Å²) in [5, 5.41) is 10.5. The molecule has 0 amide bonds. The van der Waals surface area contributed by atoms with Crippen molar-refractivity contribution in [1.29, 1.82) is 0 Å². The van der Waals surface area contributed by atoms with Crippen molar-refractivity contribution < 1.29 is 5.11 Å². The lowest BCUT2D eigenvalue weighted by Crippen LogP contribution is -2.11. The van der Waals surface area contributed by atoms with Gasteiger partial charge in [-0.2, -0.15) is 0 Å². The molecule has 1 N–H and O–H groups in total. The zero-order chi connectivity index (χ0) is 14.3. The first-order valence-electron chi connectivity index (χ1n) is 6.36. The summed E-state index contributed by atoms with van der Waals surface area (Å²) >= 11 is 7.15. The largest absolute Gasteiger partial charge is 0.382 e. The summed E-state index contributed by atoms with van der Waals surface area (Å²) in [6.07, 6.45) is 0.0395. The first-order valence-corrected chi connectivity index (χ1v) is 7.94. The lowest BCUT2D eigenvalue weighted by Gasteiger charge is -2.10. The van der Waals surface area contributed by atoms with Crippen molar-refractivity contribution in [1.82, 2.24) is 0 Å². The number of nitrogens with zero attached hydrogens (tertiary/aromatic N) is 1. The molecule has 0 saturated carbocycles. The van der Waals surface area contributed by atoms with E-state index in [1.807, 2.05) is 37.3 Å². The minimum atomic E-state index is -0.644. The summed E-state index contributed by atoms with van der Waals surface area (Å²) in [7, 11) is 0. The number of benzene rings is 2. The van der Waals surface area contributed by atoms with Crippen LogP contribution in [0.15, 0.2) is 50.3 Å². The third-order valence-corrected chi connectivity index (χ3v) is 5.35. The molecule has 1 aliphatic heterocycles. The zero-order valence-corrected chi connectivity index (χ0v) is 14.1. The van der Waals surface area contributed by atoms with Gasteiger partial charge in [-0.15, -0.1) is 0 Å². The van der Waals surface area contributed by atoms with Gasteiger partial charge in [0.25, 0.3) is 0 Å². The average Bonchev–Trinajstić information content (AvgIpc) is 2.89. The summed E-state index contributed by atoms with van der Waals surface area (Å²) in [5.74, 6) is 0. The third-order valence-electron chi connectivity index (χ3n) is 3.56. The molecule has 0 spiro atoms. The Morgan fingerprint density at radius 2 is 1.90 bits per heavy atom. The first kappa shape index (κ1) is 14.0. The molecule has 0 aromatic heterocycles. The van der Waals surface area contributed by atoms with Gasteiger partial charge in [0.1, 0.15) is 6.10 Å². The highest BCUT2D eigenvalue weighted by Gasteiger charge is 2.25. The van der Waals surface area contributed by atoms with Gasteiger partial charge >= 0.3 is 0 Å². The van der Waals surface area contributed by atoms with Gasteiger partial charge in [-0.05, 0) is 45.6 Å². The highest BCUT2D eigenvalue weighted by molar-refractivity contribution is 9.11. The van der Waals surface area contributed by atoms with Crippen molar-refractivity contribution in [2.45, 2.75) is 19.4 Å². The van der Waals surface area contributed by atoms with E-state index >= 15 is 0 Å². The number of fused-ring (bicyclic) bond motifs is 1. The molecular weight excluding hydrogens is 382 g/mol. The van der Waals surface area contributed by atoms with Crippen LogP contribution in [0.25, 0.3) is 0 Å². The van der Waals surface area contributed by atoms with Crippen LogP contribution in [0.1, 0.15) is 22.8 Å². The fraction of sp³-hybridized carbons (Fsp3) is 0.188. The van der Waals surface area contributed by atoms with Crippen molar-refractivity contribution >= 4 is 43.3 Å². The Morgan fingerprint density at radius 3 is 2.60 bits per heavy atom. The second kappa shape index (κ2) is 5.43. The topological polar surface area (TPSA) is 32.6 Å². The summed E-state index contributed by atoms with van der Waals surface area (Å²) in [6.45, 7) is 2.04. The molecule has 4 heteroatoms. The quantitative estimate of drug-likeness (QED) is 0.773. The van der Waals surface area contributed by atoms with Gasteiger partial charge in [-0.3, -0.25) is 4.99 Å². The fourth-order valence-electron chi connectivity index (χ4n) is 2.37. The molecular formula is C16H13Br2NO. The highest BCUT2D eigenvalue weighted by atomic mass is 79.9. The molecule has 2 nitrogen and oxygen atoms in total. The first-order chi connectivity index (χ1) is 9.58. The Hall–Kier alpha value is -0.970. The Morgan fingerprint density at radius 1 is 1.20 bits per heavy atom. The van der Waals surface area contributed by atoms with Crippen LogP contribution in [0.2, 0.25) is 0 Å². The van der Waals surface area contributed by atoms with Crippen LogP contribution < -0.4 is 0 Å². The molecule has 1 unspecified atom stereocenters. The van der Waals surface area contributed by atoms with Gasteiger partial charge in [-0.1, -0.05) is 46.3 Å². The normalized spacial score (nSPS) is 14.9. The lowest BCUT2D eigenvalue weighted by atomic mass is 10.0. The summed E-state index contributed by atoms with van der Waals surface area (Å²) in [4.78, 5) is 4.63. The molecule has 1 atom stereocenters. The molecule has 2 aromatic rings. The number of aliphatic hydroxyl groups excluding tert-OH is 1. The van der Waals surface area contributed by atoms with Crippen LogP contribution in [0.4, 0.5) is 5.69 Å². The summed E-state index contributed by atoms with van der Waals surface area (Å²) in [5.41, 5.74) is 4.88. The Labute approximate surface area is 134 Å². The highest BCUT2D eigenvalue weighted by Crippen LogP contribution is 2.41. The molecule has 0 saturated heterocycles. The Bertz CT molecular complexity index is 695. The predicted octanol–water partition coefficient (Wildman–Crippen LogP) is 4.88. The second-order valence-corrected chi connectivity index (χ2v) is 6.55. The minimum absolute atomic E-state index is 0.644. The van der Waals surface area contributed by atoms with Crippen LogP contribution in [-0.2, 0) is 6.42 Å². The summed E-state index contributed by atoms with van der Waals surface area (Å²) < 4.78 is 2.06. The van der Waals surface area contributed by atoms with E-state index < -0.39 is 6.10 Å². The van der Waals surface area contributed by atoms with Crippen molar-refractivity contribution in [3.8, 4) is 0 Å². The van der Waals surface area contributed by atoms with Crippen molar-refractivity contribution in [3.63, 3.8) is 0 Å². The number of hydrogen-bond acceptors (Lipinski definition) is 2. The Kier molecular flexibility index (Phi) is 3.80. The van der Waals surface area contributed by atoms with Gasteiger partial charge in [0.15, 0.2) is 0 Å². The van der Waals surface area contributed by atoms with E-state index in [1.165, 1.54) is 0 Å². The molecule has 20 heavy (non-hydrogen) atoms. The molecule has 1 aliphatic rings. The van der Waals surface area contributed by atoms with Crippen molar-refractivity contribution in [2.24, 2.45) is 4.99 Å². The number of halogens is 2. The molecule has 0 fully saturated rings. The van der Waals surface area contributed by atoms with E-state index in [2.05, 4.69) is 42.9 Å². The standard InChI is InChI=1S/C16H13Br2NO/c1-9-12(17)7-11-8-13(19-15(11)14(9)18)16(20)10-5-3-2-4-6-10/h2-7,16,20H,8H2,1H3. The molecule has 0 aliphatic carbocycles. The van der Waals surface area contributed by atoms with Crippen LogP contribution in [-0.4, -0.2) is 10.8 Å². The van der Waals surface area contributed by atoms with E-state index in [9.17, 15) is 5.11 Å². The maximum atomic E-state index is 10.5. The molecule has 3 rings (SSSR count).